The van der Waals surface area contributed by atoms with E-state index in [0.29, 0.717) is 30.8 Å². The summed E-state index contributed by atoms with van der Waals surface area (Å²) in [6, 6.07) is 14.9. The van der Waals surface area contributed by atoms with Gasteiger partial charge >= 0.3 is 0 Å². The van der Waals surface area contributed by atoms with E-state index in [4.69, 9.17) is 0 Å². The molecule has 28 heavy (non-hydrogen) atoms. The molecule has 3 aromatic rings. The first-order valence-corrected chi connectivity index (χ1v) is 11.1. The summed E-state index contributed by atoms with van der Waals surface area (Å²) in [6.45, 7) is 1.03. The van der Waals surface area contributed by atoms with E-state index in [1.54, 1.807) is 24.3 Å². The summed E-state index contributed by atoms with van der Waals surface area (Å²) in [5.41, 5.74) is 3.40. The Morgan fingerprint density at radius 3 is 2.64 bits per heavy atom. The van der Waals surface area contributed by atoms with Crippen molar-refractivity contribution in [2.45, 2.75) is 19.3 Å². The Morgan fingerprint density at radius 2 is 1.86 bits per heavy atom. The third-order valence-corrected chi connectivity index (χ3v) is 6.99. The van der Waals surface area contributed by atoms with Crippen LogP contribution >= 0.6 is 0 Å². The second kappa shape index (κ2) is 7.67. The molecule has 2 aromatic carbocycles. The zero-order valence-electron chi connectivity index (χ0n) is 15.5. The molecule has 4 rings (SSSR count). The quantitative estimate of drug-likeness (QED) is 0.694. The van der Waals surface area contributed by atoms with Crippen LogP contribution in [0.2, 0.25) is 0 Å². The van der Waals surface area contributed by atoms with Crippen molar-refractivity contribution >= 4 is 32.5 Å². The second-order valence-corrected chi connectivity index (χ2v) is 9.02. The van der Waals surface area contributed by atoms with Gasteiger partial charge < -0.3 is 10.3 Å². The van der Waals surface area contributed by atoms with Crippen molar-refractivity contribution in [2.24, 2.45) is 0 Å². The molecule has 1 saturated heterocycles. The van der Waals surface area contributed by atoms with E-state index in [9.17, 15) is 13.2 Å². The molecule has 1 aliphatic rings. The Bertz CT molecular complexity index is 1090. The molecule has 1 aliphatic heterocycles. The molecule has 0 spiro atoms. The Hall–Kier alpha value is -2.80. The van der Waals surface area contributed by atoms with Crippen LogP contribution in [0, 0.1) is 0 Å². The van der Waals surface area contributed by atoms with Crippen molar-refractivity contribution in [2.75, 3.05) is 23.1 Å². The van der Waals surface area contributed by atoms with Crippen LogP contribution in [0.4, 0.5) is 5.69 Å². The number of sulfonamides is 1. The van der Waals surface area contributed by atoms with Crippen LogP contribution in [0.1, 0.15) is 28.8 Å². The van der Waals surface area contributed by atoms with Gasteiger partial charge in [-0.25, -0.2) is 8.42 Å². The molecular weight excluding hydrogens is 374 g/mol. The van der Waals surface area contributed by atoms with E-state index in [2.05, 4.69) is 16.4 Å². The SMILES string of the molecule is O=C(NCCc1c[nH]c2ccccc12)c1ccc(N2CCCCS2(=O)=O)cc1. The number of aromatic nitrogens is 1. The molecule has 146 valence electrons. The Morgan fingerprint density at radius 1 is 1.07 bits per heavy atom. The van der Waals surface area contributed by atoms with Gasteiger partial charge in [0.1, 0.15) is 0 Å². The maximum atomic E-state index is 12.4. The fraction of sp³-hybridized carbons (Fsp3) is 0.286. The zero-order chi connectivity index (χ0) is 19.6. The van der Waals surface area contributed by atoms with Crippen LogP contribution in [0.25, 0.3) is 10.9 Å². The number of anilines is 1. The van der Waals surface area contributed by atoms with E-state index >= 15 is 0 Å². The fourth-order valence-corrected chi connectivity index (χ4v) is 5.25. The first-order chi connectivity index (χ1) is 13.5. The van der Waals surface area contributed by atoms with Crippen molar-refractivity contribution in [3.8, 4) is 0 Å². The van der Waals surface area contributed by atoms with E-state index in [-0.39, 0.29) is 11.7 Å². The molecule has 2 heterocycles. The summed E-state index contributed by atoms with van der Waals surface area (Å²) < 4.78 is 25.8. The zero-order valence-corrected chi connectivity index (χ0v) is 16.3. The minimum Gasteiger partial charge on any atom is -0.361 e. The molecular formula is C21H23N3O3S. The highest BCUT2D eigenvalue weighted by molar-refractivity contribution is 7.92. The predicted molar refractivity (Wildman–Crippen MR) is 111 cm³/mol. The van der Waals surface area contributed by atoms with Crippen molar-refractivity contribution in [3.63, 3.8) is 0 Å². The first kappa shape index (κ1) is 18.6. The van der Waals surface area contributed by atoms with Crippen LogP contribution in [0.3, 0.4) is 0 Å². The van der Waals surface area contributed by atoms with Gasteiger partial charge in [-0.3, -0.25) is 9.10 Å². The van der Waals surface area contributed by atoms with Gasteiger partial charge in [0.15, 0.2) is 0 Å². The lowest BCUT2D eigenvalue weighted by atomic mass is 10.1. The van der Waals surface area contributed by atoms with Crippen molar-refractivity contribution in [1.82, 2.24) is 10.3 Å². The van der Waals surface area contributed by atoms with Crippen LogP contribution < -0.4 is 9.62 Å². The Labute approximate surface area is 164 Å². The first-order valence-electron chi connectivity index (χ1n) is 9.48. The van der Waals surface area contributed by atoms with Gasteiger partial charge in [-0.2, -0.15) is 0 Å². The number of fused-ring (bicyclic) bond motifs is 1. The average Bonchev–Trinajstić information content (AvgIpc) is 3.11. The van der Waals surface area contributed by atoms with E-state index in [1.807, 2.05) is 24.4 Å². The monoisotopic (exact) mass is 397 g/mol. The summed E-state index contributed by atoms with van der Waals surface area (Å²) in [6.07, 6.45) is 4.27. The van der Waals surface area contributed by atoms with Crippen LogP contribution in [-0.2, 0) is 16.4 Å². The second-order valence-electron chi connectivity index (χ2n) is 7.01. The highest BCUT2D eigenvalue weighted by atomic mass is 32.2. The number of benzene rings is 2. The van der Waals surface area contributed by atoms with E-state index in [1.165, 1.54) is 15.3 Å². The summed E-state index contributed by atoms with van der Waals surface area (Å²) in [5.74, 6) is 0.0242. The van der Waals surface area contributed by atoms with Crippen LogP contribution in [0.5, 0.6) is 0 Å². The average molecular weight is 398 g/mol. The van der Waals surface area contributed by atoms with Gasteiger partial charge in [0, 0.05) is 35.8 Å². The number of carbonyl (C=O) groups is 1. The number of nitrogens with zero attached hydrogens (tertiary/aromatic N) is 1. The minimum absolute atomic E-state index is 0.159. The number of rotatable bonds is 5. The molecule has 0 bridgehead atoms. The normalized spacial score (nSPS) is 16.2. The Balaban J connectivity index is 1.37. The summed E-state index contributed by atoms with van der Waals surface area (Å²) >= 11 is 0. The Kier molecular flexibility index (Phi) is 5.09. The molecule has 2 N–H and O–H groups in total. The molecule has 0 saturated carbocycles. The number of H-pyrrole nitrogens is 1. The van der Waals surface area contributed by atoms with Crippen LogP contribution in [-0.4, -0.2) is 38.2 Å². The maximum Gasteiger partial charge on any atom is 0.251 e. The number of nitrogens with one attached hydrogen (secondary N) is 2. The molecule has 6 nitrogen and oxygen atoms in total. The molecule has 7 heteroatoms. The predicted octanol–water partition coefficient (Wildman–Crippen LogP) is 3.07. The van der Waals surface area contributed by atoms with Gasteiger partial charge in [0.25, 0.3) is 5.91 Å². The third-order valence-electron chi connectivity index (χ3n) is 5.12. The largest absolute Gasteiger partial charge is 0.361 e. The van der Waals surface area contributed by atoms with Gasteiger partial charge in [-0.05, 0) is 55.2 Å². The molecule has 0 radical (unpaired) electrons. The molecule has 0 atom stereocenters. The molecule has 1 amide bonds. The highest BCUT2D eigenvalue weighted by Gasteiger charge is 2.25. The van der Waals surface area contributed by atoms with Gasteiger partial charge in [-0.15, -0.1) is 0 Å². The molecule has 0 unspecified atom stereocenters. The molecule has 1 fully saturated rings. The van der Waals surface area contributed by atoms with Gasteiger partial charge in [0.2, 0.25) is 10.0 Å². The van der Waals surface area contributed by atoms with Gasteiger partial charge in [-0.1, -0.05) is 18.2 Å². The lowest BCUT2D eigenvalue weighted by Crippen LogP contribution is -2.37. The number of amides is 1. The number of aromatic amines is 1. The number of hydrogen-bond acceptors (Lipinski definition) is 3. The van der Waals surface area contributed by atoms with E-state index < -0.39 is 10.0 Å². The summed E-state index contributed by atoms with van der Waals surface area (Å²) in [5, 5.41) is 4.10. The number of hydrogen-bond donors (Lipinski definition) is 2. The summed E-state index contributed by atoms with van der Waals surface area (Å²) in [4.78, 5) is 15.6. The standard InChI is InChI=1S/C21H23N3O3S/c25-21(22-12-11-17-15-23-20-6-2-1-5-19(17)20)16-7-9-18(10-8-16)24-13-3-4-14-28(24,26)27/h1-2,5-10,15,23H,3-4,11-14H2,(H,22,25). The smallest absolute Gasteiger partial charge is 0.251 e. The van der Waals surface area contributed by atoms with E-state index in [0.717, 1.165) is 18.4 Å². The summed E-state index contributed by atoms with van der Waals surface area (Å²) in [7, 11) is -3.24. The third kappa shape index (κ3) is 3.75. The highest BCUT2D eigenvalue weighted by Crippen LogP contribution is 2.24. The topological polar surface area (TPSA) is 82.3 Å². The maximum absolute atomic E-state index is 12.4. The lowest BCUT2D eigenvalue weighted by molar-refractivity contribution is 0.0954. The van der Waals surface area contributed by atoms with Crippen molar-refractivity contribution in [1.29, 1.82) is 0 Å². The fourth-order valence-electron chi connectivity index (χ4n) is 3.61. The minimum atomic E-state index is -3.24. The molecule has 1 aromatic heterocycles. The lowest BCUT2D eigenvalue weighted by Gasteiger charge is -2.28. The van der Waals surface area contributed by atoms with Crippen molar-refractivity contribution < 1.29 is 13.2 Å². The van der Waals surface area contributed by atoms with Crippen molar-refractivity contribution in [3.05, 3.63) is 65.9 Å². The molecule has 0 aliphatic carbocycles. The van der Waals surface area contributed by atoms with Crippen LogP contribution in [0.15, 0.2) is 54.7 Å². The van der Waals surface area contributed by atoms with Gasteiger partial charge in [0.05, 0.1) is 11.4 Å². The number of para-hydroxylation sites is 1. The number of carbonyl (C=O) groups excluding carboxylic acids is 1.